The molecule has 96 valence electrons. The highest BCUT2D eigenvalue weighted by Gasteiger charge is 2.10. The molecule has 1 unspecified atom stereocenters. The molecule has 1 aromatic heterocycles. The zero-order valence-corrected chi connectivity index (χ0v) is 11.3. The van der Waals surface area contributed by atoms with Crippen LogP contribution in [0.5, 0.6) is 0 Å². The Kier molecular flexibility index (Phi) is 4.28. The van der Waals surface area contributed by atoms with Crippen LogP contribution < -0.4 is 5.32 Å². The van der Waals surface area contributed by atoms with E-state index >= 15 is 0 Å². The Balaban J connectivity index is 1.91. The number of rotatable bonds is 5. The van der Waals surface area contributed by atoms with Crippen molar-refractivity contribution < 1.29 is 5.11 Å². The van der Waals surface area contributed by atoms with Crippen molar-refractivity contribution in [3.05, 3.63) is 41.7 Å². The van der Waals surface area contributed by atoms with Crippen molar-refractivity contribution in [3.63, 3.8) is 0 Å². The smallest absolute Gasteiger partial charge is 0.202 e. The summed E-state index contributed by atoms with van der Waals surface area (Å²) in [5.41, 5.74) is 0.901. The van der Waals surface area contributed by atoms with E-state index in [0.717, 1.165) is 16.5 Å². The van der Waals surface area contributed by atoms with Crippen molar-refractivity contribution in [2.45, 2.75) is 25.9 Å². The standard InChI is InChI=1S/C13H17N3OS/c1-9(2)12-15-13(18-16-12)14-8-11(17)10-6-4-3-5-7-10/h3-7,9,11,17H,8H2,1-2H3,(H,14,15,16). The lowest BCUT2D eigenvalue weighted by atomic mass is 10.1. The first-order valence-corrected chi connectivity index (χ1v) is 6.74. The molecule has 0 saturated heterocycles. The molecule has 1 atom stereocenters. The fourth-order valence-corrected chi connectivity index (χ4v) is 2.23. The topological polar surface area (TPSA) is 58.0 Å². The van der Waals surface area contributed by atoms with Gasteiger partial charge in [0.15, 0.2) is 0 Å². The van der Waals surface area contributed by atoms with E-state index in [2.05, 4.69) is 28.5 Å². The minimum atomic E-state index is -0.530. The van der Waals surface area contributed by atoms with Crippen molar-refractivity contribution in [3.8, 4) is 0 Å². The summed E-state index contributed by atoms with van der Waals surface area (Å²) in [6.07, 6.45) is -0.530. The molecule has 2 aromatic rings. The third kappa shape index (κ3) is 3.27. The lowest BCUT2D eigenvalue weighted by Gasteiger charge is -2.10. The predicted octanol–water partition coefficient (Wildman–Crippen LogP) is 2.81. The van der Waals surface area contributed by atoms with E-state index in [4.69, 9.17) is 0 Å². The molecule has 0 bridgehead atoms. The Bertz CT molecular complexity index is 484. The van der Waals surface area contributed by atoms with Crippen LogP contribution in [0.15, 0.2) is 30.3 Å². The van der Waals surface area contributed by atoms with Gasteiger partial charge in [0, 0.05) is 24.0 Å². The summed E-state index contributed by atoms with van der Waals surface area (Å²) in [5, 5.41) is 13.9. The second-order valence-corrected chi connectivity index (χ2v) is 5.17. The molecule has 0 aliphatic rings. The van der Waals surface area contributed by atoms with E-state index in [1.807, 2.05) is 30.3 Å². The van der Waals surface area contributed by atoms with Gasteiger partial charge in [-0.25, -0.2) is 4.98 Å². The molecule has 0 fully saturated rings. The van der Waals surface area contributed by atoms with E-state index in [1.165, 1.54) is 11.5 Å². The largest absolute Gasteiger partial charge is 0.387 e. The van der Waals surface area contributed by atoms with Gasteiger partial charge in [0.05, 0.1) is 6.10 Å². The number of hydrogen-bond donors (Lipinski definition) is 2. The zero-order chi connectivity index (χ0) is 13.0. The fraction of sp³-hybridized carbons (Fsp3) is 0.385. The Morgan fingerprint density at radius 1 is 1.28 bits per heavy atom. The van der Waals surface area contributed by atoms with E-state index in [9.17, 15) is 5.11 Å². The fourth-order valence-electron chi connectivity index (χ4n) is 1.52. The van der Waals surface area contributed by atoms with Crippen LogP contribution >= 0.6 is 11.5 Å². The molecule has 0 radical (unpaired) electrons. The number of aromatic nitrogens is 2. The van der Waals surface area contributed by atoms with Crippen molar-refractivity contribution in [1.82, 2.24) is 9.36 Å². The molecule has 5 heteroatoms. The third-order valence-corrected chi connectivity index (χ3v) is 3.28. The van der Waals surface area contributed by atoms with Crippen LogP contribution in [0, 0.1) is 0 Å². The van der Waals surface area contributed by atoms with Gasteiger partial charge in [-0.05, 0) is 5.56 Å². The first-order valence-electron chi connectivity index (χ1n) is 5.97. The summed E-state index contributed by atoms with van der Waals surface area (Å²) in [6, 6.07) is 9.59. The second-order valence-electron chi connectivity index (χ2n) is 4.42. The average molecular weight is 263 g/mol. The van der Waals surface area contributed by atoms with Crippen molar-refractivity contribution >= 4 is 16.7 Å². The highest BCUT2D eigenvalue weighted by atomic mass is 32.1. The lowest BCUT2D eigenvalue weighted by Crippen LogP contribution is -2.11. The molecule has 2 rings (SSSR count). The molecule has 1 aromatic carbocycles. The van der Waals surface area contributed by atoms with E-state index in [-0.39, 0.29) is 0 Å². The Morgan fingerprint density at radius 2 is 2.00 bits per heavy atom. The normalized spacial score (nSPS) is 12.7. The molecule has 0 spiro atoms. The first kappa shape index (κ1) is 13.0. The summed E-state index contributed by atoms with van der Waals surface area (Å²) in [5.74, 6) is 1.17. The monoisotopic (exact) mass is 263 g/mol. The molecule has 0 saturated carbocycles. The van der Waals surface area contributed by atoms with Crippen LogP contribution in [0.3, 0.4) is 0 Å². The molecule has 4 nitrogen and oxygen atoms in total. The maximum atomic E-state index is 9.99. The zero-order valence-electron chi connectivity index (χ0n) is 10.5. The SMILES string of the molecule is CC(C)c1nsc(NCC(O)c2ccccc2)n1. The van der Waals surface area contributed by atoms with Crippen LogP contribution in [-0.4, -0.2) is 21.0 Å². The van der Waals surface area contributed by atoms with Gasteiger partial charge in [0.1, 0.15) is 5.82 Å². The molecule has 2 N–H and O–H groups in total. The number of anilines is 1. The minimum absolute atomic E-state index is 0.329. The summed E-state index contributed by atoms with van der Waals surface area (Å²) in [4.78, 5) is 4.36. The highest BCUT2D eigenvalue weighted by Crippen LogP contribution is 2.19. The summed E-state index contributed by atoms with van der Waals surface area (Å²) in [6.45, 7) is 4.56. The molecule has 1 heterocycles. The maximum Gasteiger partial charge on any atom is 0.202 e. The number of nitrogens with one attached hydrogen (secondary N) is 1. The van der Waals surface area contributed by atoms with E-state index < -0.39 is 6.10 Å². The number of benzene rings is 1. The maximum absolute atomic E-state index is 9.99. The average Bonchev–Trinajstić information content (AvgIpc) is 2.86. The predicted molar refractivity (Wildman–Crippen MR) is 73.9 cm³/mol. The number of aliphatic hydroxyl groups is 1. The van der Waals surface area contributed by atoms with Crippen LogP contribution in [0.4, 0.5) is 5.13 Å². The van der Waals surface area contributed by atoms with Crippen molar-refractivity contribution in [2.75, 3.05) is 11.9 Å². The first-order chi connectivity index (χ1) is 8.66. The summed E-state index contributed by atoms with van der Waals surface area (Å²) < 4.78 is 4.25. The van der Waals surface area contributed by atoms with E-state index in [1.54, 1.807) is 0 Å². The third-order valence-electron chi connectivity index (χ3n) is 2.59. The summed E-state index contributed by atoms with van der Waals surface area (Å²) in [7, 11) is 0. The minimum Gasteiger partial charge on any atom is -0.387 e. The number of nitrogens with zero attached hydrogens (tertiary/aromatic N) is 2. The van der Waals surface area contributed by atoms with Gasteiger partial charge in [-0.2, -0.15) is 4.37 Å². The molecule has 0 aliphatic carbocycles. The second kappa shape index (κ2) is 5.93. The van der Waals surface area contributed by atoms with Gasteiger partial charge in [0.25, 0.3) is 0 Å². The summed E-state index contributed by atoms with van der Waals surface area (Å²) >= 11 is 1.33. The van der Waals surface area contributed by atoms with Gasteiger partial charge < -0.3 is 10.4 Å². The number of aliphatic hydroxyl groups excluding tert-OH is 1. The van der Waals surface area contributed by atoms with Crippen LogP contribution in [0.1, 0.15) is 37.3 Å². The van der Waals surface area contributed by atoms with E-state index in [0.29, 0.717) is 12.5 Å². The van der Waals surface area contributed by atoms with Gasteiger partial charge in [-0.1, -0.05) is 44.2 Å². The van der Waals surface area contributed by atoms with Gasteiger partial charge >= 0.3 is 0 Å². The van der Waals surface area contributed by atoms with Crippen LogP contribution in [0.25, 0.3) is 0 Å². The quantitative estimate of drug-likeness (QED) is 0.871. The molecule has 0 amide bonds. The highest BCUT2D eigenvalue weighted by molar-refractivity contribution is 7.09. The Labute approximate surface area is 111 Å². The van der Waals surface area contributed by atoms with Gasteiger partial charge in [-0.15, -0.1) is 0 Å². The molecular weight excluding hydrogens is 246 g/mol. The Hall–Kier alpha value is -1.46. The van der Waals surface area contributed by atoms with Crippen molar-refractivity contribution in [2.24, 2.45) is 0 Å². The van der Waals surface area contributed by atoms with Crippen LogP contribution in [-0.2, 0) is 0 Å². The molecule has 0 aliphatic heterocycles. The van der Waals surface area contributed by atoms with Gasteiger partial charge in [0.2, 0.25) is 5.13 Å². The van der Waals surface area contributed by atoms with Gasteiger partial charge in [-0.3, -0.25) is 0 Å². The van der Waals surface area contributed by atoms with Crippen molar-refractivity contribution in [1.29, 1.82) is 0 Å². The molecular formula is C13H17N3OS. The molecule has 18 heavy (non-hydrogen) atoms. The lowest BCUT2D eigenvalue weighted by molar-refractivity contribution is 0.191. The Morgan fingerprint density at radius 3 is 2.61 bits per heavy atom. The number of hydrogen-bond acceptors (Lipinski definition) is 5. The van der Waals surface area contributed by atoms with Crippen LogP contribution in [0.2, 0.25) is 0 Å².